The van der Waals surface area contributed by atoms with Gasteiger partial charge >= 0.3 is 0 Å². The average molecular weight is 430 g/mol. The van der Waals surface area contributed by atoms with Crippen molar-refractivity contribution in [3.8, 4) is 0 Å². The van der Waals surface area contributed by atoms with Crippen LogP contribution in [0.15, 0.2) is 103 Å². The number of hydrogen-bond donors (Lipinski definition) is 1. The first-order valence-electron chi connectivity index (χ1n) is 11.2. The molecule has 0 spiro atoms. The molecular formula is C28H31NO3. The highest BCUT2D eigenvalue weighted by Crippen LogP contribution is 2.20. The summed E-state index contributed by atoms with van der Waals surface area (Å²) in [7, 11) is 0. The summed E-state index contributed by atoms with van der Waals surface area (Å²) in [4.78, 5) is 0. The fourth-order valence-corrected chi connectivity index (χ4v) is 3.77. The minimum absolute atomic E-state index is 0.148. The highest BCUT2D eigenvalue weighted by molar-refractivity contribution is 5.16. The number of rotatable bonds is 9. The Morgan fingerprint density at radius 2 is 1.12 bits per heavy atom. The van der Waals surface area contributed by atoms with Gasteiger partial charge in [-0.25, -0.2) is 0 Å². The molecule has 0 radical (unpaired) electrons. The van der Waals surface area contributed by atoms with Crippen molar-refractivity contribution in [2.24, 2.45) is 0 Å². The Balaban J connectivity index is 1.49. The zero-order valence-electron chi connectivity index (χ0n) is 18.3. The molecule has 3 aromatic rings. The van der Waals surface area contributed by atoms with Crippen LogP contribution in [0.25, 0.3) is 0 Å². The van der Waals surface area contributed by atoms with Gasteiger partial charge in [-0.3, -0.25) is 0 Å². The van der Waals surface area contributed by atoms with Crippen molar-refractivity contribution in [3.05, 3.63) is 120 Å². The Hall–Kier alpha value is -2.76. The molecule has 1 heterocycles. The molecule has 3 atom stereocenters. The van der Waals surface area contributed by atoms with E-state index in [1.54, 1.807) is 0 Å². The Bertz CT molecular complexity index is 931. The maximum Gasteiger partial charge on any atom is 0.115 e. The van der Waals surface area contributed by atoms with Gasteiger partial charge < -0.3 is 19.5 Å². The SMILES string of the molecule is C1=C\[C@@H](OCc2ccccc2)[C@H](OCc2ccccc2)[C@@H](OCc2ccccc2)CNC/1. The van der Waals surface area contributed by atoms with Gasteiger partial charge in [0.25, 0.3) is 0 Å². The molecule has 0 aliphatic carbocycles. The third-order valence-corrected chi connectivity index (χ3v) is 5.50. The van der Waals surface area contributed by atoms with Crippen molar-refractivity contribution in [1.29, 1.82) is 0 Å². The van der Waals surface area contributed by atoms with E-state index in [0.717, 1.165) is 23.2 Å². The minimum atomic E-state index is -0.244. The summed E-state index contributed by atoms with van der Waals surface area (Å²) >= 11 is 0. The summed E-state index contributed by atoms with van der Waals surface area (Å²) < 4.78 is 19.2. The first-order chi connectivity index (χ1) is 15.9. The van der Waals surface area contributed by atoms with Gasteiger partial charge in [-0.1, -0.05) is 103 Å². The molecule has 4 heteroatoms. The Kier molecular flexibility index (Phi) is 8.64. The second-order valence-electron chi connectivity index (χ2n) is 7.94. The topological polar surface area (TPSA) is 39.7 Å². The summed E-state index contributed by atoms with van der Waals surface area (Å²) in [5.41, 5.74) is 3.42. The van der Waals surface area contributed by atoms with E-state index in [1.807, 2.05) is 54.6 Å². The lowest BCUT2D eigenvalue weighted by molar-refractivity contribution is -0.137. The molecular weight excluding hydrogens is 398 g/mol. The molecule has 1 aliphatic rings. The molecule has 0 bridgehead atoms. The van der Waals surface area contributed by atoms with Gasteiger partial charge in [0.15, 0.2) is 0 Å². The van der Waals surface area contributed by atoms with Gasteiger partial charge in [0.1, 0.15) is 12.2 Å². The summed E-state index contributed by atoms with van der Waals surface area (Å²) in [6, 6.07) is 30.7. The van der Waals surface area contributed by atoms with Crippen LogP contribution in [-0.4, -0.2) is 31.4 Å². The highest BCUT2D eigenvalue weighted by Gasteiger charge is 2.31. The van der Waals surface area contributed by atoms with Crippen LogP contribution >= 0.6 is 0 Å². The molecule has 1 aliphatic heterocycles. The van der Waals surface area contributed by atoms with E-state index in [4.69, 9.17) is 14.2 Å². The fourth-order valence-electron chi connectivity index (χ4n) is 3.77. The lowest BCUT2D eigenvalue weighted by atomic mass is 10.0. The number of ether oxygens (including phenoxy) is 3. The summed E-state index contributed by atoms with van der Waals surface area (Å²) in [6.07, 6.45) is 3.61. The van der Waals surface area contributed by atoms with Crippen molar-refractivity contribution >= 4 is 0 Å². The zero-order valence-corrected chi connectivity index (χ0v) is 18.3. The molecule has 4 rings (SSSR count). The molecule has 4 nitrogen and oxygen atoms in total. The first-order valence-corrected chi connectivity index (χ1v) is 11.2. The molecule has 32 heavy (non-hydrogen) atoms. The van der Waals surface area contributed by atoms with Gasteiger partial charge in [-0.05, 0) is 16.7 Å². The van der Waals surface area contributed by atoms with Gasteiger partial charge in [0.2, 0.25) is 0 Å². The molecule has 1 N–H and O–H groups in total. The van der Waals surface area contributed by atoms with E-state index in [9.17, 15) is 0 Å². The summed E-state index contributed by atoms with van der Waals surface area (Å²) in [5.74, 6) is 0. The maximum atomic E-state index is 6.47. The van der Waals surface area contributed by atoms with E-state index in [-0.39, 0.29) is 18.3 Å². The summed E-state index contributed by atoms with van der Waals surface area (Å²) in [5, 5.41) is 3.45. The largest absolute Gasteiger partial charge is 0.369 e. The van der Waals surface area contributed by atoms with Crippen LogP contribution in [-0.2, 0) is 34.0 Å². The number of nitrogens with one attached hydrogen (secondary N) is 1. The lowest BCUT2D eigenvalue weighted by Gasteiger charge is -2.34. The number of hydrogen-bond acceptors (Lipinski definition) is 4. The normalized spacial score (nSPS) is 22.1. The van der Waals surface area contributed by atoms with E-state index >= 15 is 0 Å². The molecule has 0 saturated carbocycles. The molecule has 3 aromatic carbocycles. The highest BCUT2D eigenvalue weighted by atomic mass is 16.6. The smallest absolute Gasteiger partial charge is 0.115 e. The van der Waals surface area contributed by atoms with Crippen LogP contribution in [0.3, 0.4) is 0 Å². The van der Waals surface area contributed by atoms with Gasteiger partial charge in [-0.2, -0.15) is 0 Å². The van der Waals surface area contributed by atoms with Gasteiger partial charge in [0.05, 0.1) is 25.9 Å². The van der Waals surface area contributed by atoms with E-state index in [0.29, 0.717) is 26.4 Å². The van der Waals surface area contributed by atoms with Gasteiger partial charge in [-0.15, -0.1) is 0 Å². The van der Waals surface area contributed by atoms with Crippen LogP contribution in [0.2, 0.25) is 0 Å². The standard InChI is InChI=1S/C28H31NO3/c1-4-11-23(12-5-1)20-30-26-17-10-18-29-19-27(31-21-24-13-6-2-7-14-24)28(26)32-22-25-15-8-3-9-16-25/h1-17,26-29H,18-22H2/b17-10-/t26-,27+,28+/m1/s1. The maximum absolute atomic E-state index is 6.47. The predicted octanol–water partition coefficient (Wildman–Crippen LogP) is 4.90. The molecule has 166 valence electrons. The predicted molar refractivity (Wildman–Crippen MR) is 127 cm³/mol. The zero-order chi connectivity index (χ0) is 21.8. The van der Waals surface area contributed by atoms with Crippen LogP contribution in [0.1, 0.15) is 16.7 Å². The van der Waals surface area contributed by atoms with Crippen molar-refractivity contribution in [2.45, 2.75) is 38.1 Å². The van der Waals surface area contributed by atoms with E-state index in [2.05, 4.69) is 53.9 Å². The van der Waals surface area contributed by atoms with Crippen LogP contribution in [0.4, 0.5) is 0 Å². The molecule has 0 saturated heterocycles. The second kappa shape index (κ2) is 12.3. The Morgan fingerprint density at radius 3 is 1.69 bits per heavy atom. The molecule has 0 aromatic heterocycles. The van der Waals surface area contributed by atoms with Crippen molar-refractivity contribution in [1.82, 2.24) is 5.32 Å². The number of benzene rings is 3. The summed E-state index contributed by atoms with van der Waals surface area (Å²) in [6.45, 7) is 3.05. The quantitative estimate of drug-likeness (QED) is 0.491. The third kappa shape index (κ3) is 6.87. The molecule has 0 unspecified atom stereocenters. The van der Waals surface area contributed by atoms with Crippen molar-refractivity contribution in [2.75, 3.05) is 13.1 Å². The Labute approximate surface area is 190 Å². The monoisotopic (exact) mass is 429 g/mol. The average Bonchev–Trinajstić information content (AvgIpc) is 2.84. The molecule has 0 amide bonds. The third-order valence-electron chi connectivity index (χ3n) is 5.50. The van der Waals surface area contributed by atoms with E-state index in [1.165, 1.54) is 0 Å². The van der Waals surface area contributed by atoms with Crippen molar-refractivity contribution < 1.29 is 14.2 Å². The van der Waals surface area contributed by atoms with E-state index < -0.39 is 0 Å². The van der Waals surface area contributed by atoms with Crippen LogP contribution in [0, 0.1) is 0 Å². The van der Waals surface area contributed by atoms with Gasteiger partial charge in [0, 0.05) is 13.1 Å². The Morgan fingerprint density at radius 1 is 0.625 bits per heavy atom. The van der Waals surface area contributed by atoms with Crippen molar-refractivity contribution in [3.63, 3.8) is 0 Å². The minimum Gasteiger partial charge on any atom is -0.369 e. The first kappa shape index (κ1) is 22.4. The molecule has 0 fully saturated rings. The van der Waals surface area contributed by atoms with Crippen LogP contribution < -0.4 is 5.32 Å². The van der Waals surface area contributed by atoms with Crippen LogP contribution in [0.5, 0.6) is 0 Å². The lowest BCUT2D eigenvalue weighted by Crippen LogP contribution is -2.48. The fraction of sp³-hybridized carbons (Fsp3) is 0.286. The second-order valence-corrected chi connectivity index (χ2v) is 7.94.